The number of aliphatic hydroxyl groups is 1. The number of benzene rings is 1. The molecule has 1 aromatic rings. The highest BCUT2D eigenvalue weighted by atomic mass is 28.4. The van der Waals surface area contributed by atoms with Gasteiger partial charge >= 0.3 is 0 Å². The minimum absolute atomic E-state index is 0.0175. The molecule has 5 nitrogen and oxygen atoms in total. The van der Waals surface area contributed by atoms with Gasteiger partial charge in [-0.1, -0.05) is 53.2 Å². The molecule has 1 N–H and O–H groups in total. The number of aliphatic hydroxyl groups excluding tert-OH is 1. The zero-order valence-corrected chi connectivity index (χ0v) is 20.7. The lowest BCUT2D eigenvalue weighted by molar-refractivity contribution is 0.00238. The van der Waals surface area contributed by atoms with E-state index in [0.717, 1.165) is 31.0 Å². The van der Waals surface area contributed by atoms with Crippen molar-refractivity contribution in [3.8, 4) is 11.5 Å². The van der Waals surface area contributed by atoms with Crippen LogP contribution in [-0.2, 0) is 11.0 Å². The Morgan fingerprint density at radius 2 is 1.68 bits per heavy atom. The molecule has 0 spiro atoms. The highest BCUT2D eigenvalue weighted by Gasteiger charge is 2.53. The number of ether oxygens (including phenoxy) is 2. The quantitative estimate of drug-likeness (QED) is 0.515. The third-order valence-electron chi connectivity index (χ3n) is 8.30. The van der Waals surface area contributed by atoms with Crippen LogP contribution in [0.25, 0.3) is 0 Å². The fourth-order valence-electron chi connectivity index (χ4n) is 7.08. The molecule has 1 aliphatic carbocycles. The number of nitrogens with zero attached hydrogens (tertiary/aromatic N) is 1. The Labute approximate surface area is 187 Å². The van der Waals surface area contributed by atoms with E-state index in [1.54, 1.807) is 0 Å². The maximum atomic E-state index is 11.8. The van der Waals surface area contributed by atoms with Crippen LogP contribution in [0.2, 0.25) is 16.6 Å². The number of hydrogen-bond acceptors (Lipinski definition) is 5. The average Bonchev–Trinajstić information content (AvgIpc) is 3.32. The summed E-state index contributed by atoms with van der Waals surface area (Å²) in [6, 6.07) is 4.53. The van der Waals surface area contributed by atoms with Gasteiger partial charge < -0.3 is 19.0 Å². The number of hydrogen-bond donors (Lipinski definition) is 1. The molecule has 3 heterocycles. The second kappa shape index (κ2) is 7.61. The maximum Gasteiger partial charge on any atom is 0.231 e. The van der Waals surface area contributed by atoms with Gasteiger partial charge in [-0.2, -0.15) is 0 Å². The van der Waals surface area contributed by atoms with E-state index in [2.05, 4.69) is 64.7 Å². The summed E-state index contributed by atoms with van der Waals surface area (Å²) < 4.78 is 18.5. The van der Waals surface area contributed by atoms with Crippen LogP contribution >= 0.6 is 0 Å². The molecule has 3 aliphatic heterocycles. The fourth-order valence-corrected chi connectivity index (χ4v) is 12.6. The van der Waals surface area contributed by atoms with Crippen LogP contribution in [0.1, 0.15) is 65.0 Å². The smallest absolute Gasteiger partial charge is 0.231 e. The van der Waals surface area contributed by atoms with Gasteiger partial charge in [0.1, 0.15) is 0 Å². The zero-order valence-electron chi connectivity index (χ0n) is 19.7. The fraction of sp³-hybridized carbons (Fsp3) is 0.680. The molecular weight excluding hydrogens is 406 g/mol. The van der Waals surface area contributed by atoms with Gasteiger partial charge in [0.2, 0.25) is 15.1 Å². The first-order chi connectivity index (χ1) is 14.7. The molecule has 4 atom stereocenters. The van der Waals surface area contributed by atoms with Gasteiger partial charge in [-0.15, -0.1) is 0 Å². The Morgan fingerprint density at radius 1 is 1.03 bits per heavy atom. The molecule has 1 aromatic carbocycles. The van der Waals surface area contributed by atoms with E-state index < -0.39 is 14.4 Å². The van der Waals surface area contributed by atoms with E-state index >= 15 is 0 Å². The van der Waals surface area contributed by atoms with Crippen LogP contribution in [-0.4, -0.2) is 49.9 Å². The van der Waals surface area contributed by atoms with Crippen molar-refractivity contribution < 1.29 is 19.0 Å². The van der Waals surface area contributed by atoms with Gasteiger partial charge in [0.15, 0.2) is 11.5 Å². The van der Waals surface area contributed by atoms with Gasteiger partial charge in [-0.3, -0.25) is 4.90 Å². The second-order valence-corrected chi connectivity index (χ2v) is 16.1. The predicted molar refractivity (Wildman–Crippen MR) is 124 cm³/mol. The zero-order chi connectivity index (χ0) is 22.1. The van der Waals surface area contributed by atoms with E-state index in [4.69, 9.17) is 13.9 Å². The SMILES string of the molecule is CC(C)[Si](O[C@H]1C=C2CCN3Cc4cc5c(cc4[C@H]([C@@H]1O)[C@@H]23)OCO5)(C(C)C)C(C)C. The molecule has 1 fully saturated rings. The predicted octanol–water partition coefficient (Wildman–Crippen LogP) is 4.95. The first kappa shape index (κ1) is 21.5. The minimum atomic E-state index is -2.11. The van der Waals surface area contributed by atoms with E-state index in [-0.39, 0.29) is 24.9 Å². The molecule has 1 saturated heterocycles. The molecule has 5 rings (SSSR count). The highest BCUT2D eigenvalue weighted by molar-refractivity contribution is 6.77. The first-order valence-corrected chi connectivity index (χ1v) is 14.1. The Hall–Kier alpha value is -1.34. The summed E-state index contributed by atoms with van der Waals surface area (Å²) >= 11 is 0. The summed E-state index contributed by atoms with van der Waals surface area (Å²) in [7, 11) is -2.11. The summed E-state index contributed by atoms with van der Waals surface area (Å²) in [6.07, 6.45) is 2.55. The van der Waals surface area contributed by atoms with Crippen LogP contribution < -0.4 is 9.47 Å². The topological polar surface area (TPSA) is 51.2 Å². The molecule has 0 saturated carbocycles. The lowest BCUT2D eigenvalue weighted by Crippen LogP contribution is -2.56. The molecule has 0 unspecified atom stereocenters. The van der Waals surface area contributed by atoms with Crippen molar-refractivity contribution in [3.05, 3.63) is 34.9 Å². The molecule has 0 aromatic heterocycles. The average molecular weight is 444 g/mol. The summed E-state index contributed by atoms with van der Waals surface area (Å²) in [4.78, 5) is 2.53. The molecular formula is C25H37NO4Si. The van der Waals surface area contributed by atoms with Crippen molar-refractivity contribution in [1.82, 2.24) is 4.90 Å². The Morgan fingerprint density at radius 3 is 2.32 bits per heavy atom. The number of rotatable bonds is 5. The molecule has 6 heteroatoms. The van der Waals surface area contributed by atoms with Crippen molar-refractivity contribution >= 4 is 8.32 Å². The van der Waals surface area contributed by atoms with Gasteiger partial charge in [0.25, 0.3) is 0 Å². The second-order valence-electron chi connectivity index (χ2n) is 10.7. The van der Waals surface area contributed by atoms with E-state index in [0.29, 0.717) is 16.6 Å². The largest absolute Gasteiger partial charge is 0.454 e. The molecule has 170 valence electrons. The molecule has 4 aliphatic rings. The van der Waals surface area contributed by atoms with Crippen molar-refractivity contribution in [2.45, 2.75) is 95.3 Å². The van der Waals surface area contributed by atoms with Gasteiger partial charge in [0, 0.05) is 25.0 Å². The normalized spacial score (nSPS) is 29.5. The summed E-state index contributed by atoms with van der Waals surface area (Å²) in [5, 5.41) is 11.8. The minimum Gasteiger partial charge on any atom is -0.454 e. The van der Waals surface area contributed by atoms with Crippen molar-refractivity contribution in [2.24, 2.45) is 0 Å². The van der Waals surface area contributed by atoms with E-state index in [9.17, 15) is 5.11 Å². The highest BCUT2D eigenvalue weighted by Crippen LogP contribution is 2.52. The van der Waals surface area contributed by atoms with Crippen molar-refractivity contribution in [3.63, 3.8) is 0 Å². The third kappa shape index (κ3) is 3.13. The van der Waals surface area contributed by atoms with E-state index in [1.165, 1.54) is 16.7 Å². The van der Waals surface area contributed by atoms with Crippen molar-refractivity contribution in [1.29, 1.82) is 0 Å². The van der Waals surface area contributed by atoms with Gasteiger partial charge in [0.05, 0.1) is 12.2 Å². The summed E-state index contributed by atoms with van der Waals surface area (Å²) in [6.45, 7) is 16.1. The van der Waals surface area contributed by atoms with Gasteiger partial charge in [-0.05, 0) is 46.3 Å². The van der Waals surface area contributed by atoms with Gasteiger partial charge in [-0.25, -0.2) is 0 Å². The van der Waals surface area contributed by atoms with Crippen LogP contribution in [0.5, 0.6) is 11.5 Å². The standard InChI is InChI=1S/C25H37NO4Si/c1-14(2)31(15(3)4,16(5)6)30-22-9-17-7-8-26-12-18-10-20-21(29-13-28-20)11-19(18)23(24(17)26)25(22)27/h9-11,14-16,22-25,27H,7-8,12-13H2,1-6H3/t22-,23-,24+,25+/m0/s1. The molecule has 31 heavy (non-hydrogen) atoms. The Balaban J connectivity index is 1.56. The molecule has 0 amide bonds. The number of fused-ring (bicyclic) bond motifs is 3. The first-order valence-electron chi connectivity index (χ1n) is 12.0. The van der Waals surface area contributed by atoms with E-state index in [1.807, 2.05) is 0 Å². The lowest BCUT2D eigenvalue weighted by Gasteiger charge is -2.50. The van der Waals surface area contributed by atoms with Crippen LogP contribution in [0, 0.1) is 0 Å². The van der Waals surface area contributed by atoms with Crippen LogP contribution in [0.15, 0.2) is 23.8 Å². The molecule has 0 bridgehead atoms. The lowest BCUT2D eigenvalue weighted by atomic mass is 9.73. The van der Waals surface area contributed by atoms with Crippen LogP contribution in [0.4, 0.5) is 0 Å². The third-order valence-corrected chi connectivity index (χ3v) is 14.4. The van der Waals surface area contributed by atoms with Crippen LogP contribution in [0.3, 0.4) is 0 Å². The van der Waals surface area contributed by atoms with Crippen molar-refractivity contribution in [2.75, 3.05) is 13.3 Å². The maximum absolute atomic E-state index is 11.8. The summed E-state index contributed by atoms with van der Waals surface area (Å²) in [5.41, 5.74) is 5.38. The monoisotopic (exact) mass is 443 g/mol. The Kier molecular flexibility index (Phi) is 5.28. The molecule has 0 radical (unpaired) electrons. The summed E-state index contributed by atoms with van der Waals surface area (Å²) in [5.74, 6) is 1.65. The Bertz CT molecular complexity index is 874.